The molecule has 0 saturated carbocycles. The Morgan fingerprint density at radius 2 is 1.68 bits per heavy atom. The summed E-state index contributed by atoms with van der Waals surface area (Å²) in [4.78, 5) is 52.1. The maximum atomic E-state index is 13.0. The molecule has 0 bridgehead atoms. The molecule has 31 heavy (non-hydrogen) atoms. The number of ether oxygens (including phenoxy) is 1. The number of carbonyl (C=O) groups excluding carboxylic acids is 4. The van der Waals surface area contributed by atoms with E-state index in [-0.39, 0.29) is 5.91 Å². The summed E-state index contributed by atoms with van der Waals surface area (Å²) in [6.45, 7) is 1.15. The molecule has 2 aromatic carbocycles. The van der Waals surface area contributed by atoms with E-state index in [1.165, 1.54) is 12.0 Å². The average molecular weight is 424 g/mol. The van der Waals surface area contributed by atoms with Gasteiger partial charge in [0.25, 0.3) is 11.8 Å². The van der Waals surface area contributed by atoms with E-state index < -0.39 is 29.9 Å². The van der Waals surface area contributed by atoms with Crippen LogP contribution in [0.15, 0.2) is 48.5 Å². The lowest BCUT2D eigenvalue weighted by Crippen LogP contribution is -2.42. The predicted octanol–water partition coefficient (Wildman–Crippen LogP) is 1.80. The fourth-order valence-electron chi connectivity index (χ4n) is 3.26. The number of carbonyl (C=O) groups is 4. The Kier molecular flexibility index (Phi) is 5.96. The second-order valence-corrected chi connectivity index (χ2v) is 7.50. The largest absolute Gasteiger partial charge is 0.497 e. The summed E-state index contributed by atoms with van der Waals surface area (Å²) >= 11 is 0. The summed E-state index contributed by atoms with van der Waals surface area (Å²) in [5.41, 5.74) is 0.228. The number of methoxy groups -OCH3 is 1. The third kappa shape index (κ3) is 4.35. The molecule has 0 radical (unpaired) electrons. The van der Waals surface area contributed by atoms with Crippen molar-refractivity contribution >= 4 is 29.4 Å². The van der Waals surface area contributed by atoms with Gasteiger partial charge in [0.1, 0.15) is 17.8 Å². The normalized spacial score (nSPS) is 17.9. The van der Waals surface area contributed by atoms with E-state index in [1.807, 2.05) is 0 Å². The molecular weight excluding hydrogens is 400 g/mol. The van der Waals surface area contributed by atoms with Gasteiger partial charge in [-0.1, -0.05) is 12.1 Å². The Labute approximate surface area is 180 Å². The predicted molar refractivity (Wildman–Crippen MR) is 114 cm³/mol. The van der Waals surface area contributed by atoms with Crippen molar-refractivity contribution in [1.29, 1.82) is 0 Å². The third-order valence-corrected chi connectivity index (χ3v) is 5.07. The molecule has 2 N–H and O–H groups in total. The number of hydrogen-bond donors (Lipinski definition) is 2. The molecular formula is C22H24N4O5. The van der Waals surface area contributed by atoms with Crippen molar-refractivity contribution in [2.75, 3.05) is 33.1 Å². The van der Waals surface area contributed by atoms with E-state index in [0.717, 1.165) is 4.90 Å². The lowest BCUT2D eigenvalue weighted by molar-refractivity contribution is -0.133. The number of anilines is 1. The minimum absolute atomic E-state index is 0.157. The molecule has 3 rings (SSSR count). The van der Waals surface area contributed by atoms with Gasteiger partial charge in [0.2, 0.25) is 5.91 Å². The highest BCUT2D eigenvalue weighted by atomic mass is 16.5. The molecule has 1 fully saturated rings. The van der Waals surface area contributed by atoms with E-state index in [0.29, 0.717) is 22.6 Å². The number of nitrogens with zero attached hydrogens (tertiary/aromatic N) is 2. The quantitative estimate of drug-likeness (QED) is 0.688. The topological polar surface area (TPSA) is 108 Å². The molecule has 1 aliphatic heterocycles. The van der Waals surface area contributed by atoms with E-state index >= 15 is 0 Å². The number of benzene rings is 2. The second kappa shape index (κ2) is 8.47. The summed E-state index contributed by atoms with van der Waals surface area (Å²) in [5.74, 6) is -0.590. The van der Waals surface area contributed by atoms with Crippen molar-refractivity contribution in [3.8, 4) is 5.75 Å². The Balaban J connectivity index is 1.68. The van der Waals surface area contributed by atoms with Gasteiger partial charge in [-0.05, 0) is 48.9 Å². The molecule has 5 amide bonds. The van der Waals surface area contributed by atoms with Crippen LogP contribution in [0.4, 0.5) is 10.5 Å². The van der Waals surface area contributed by atoms with E-state index in [2.05, 4.69) is 10.6 Å². The molecule has 1 saturated heterocycles. The summed E-state index contributed by atoms with van der Waals surface area (Å²) in [6, 6.07) is 12.5. The Morgan fingerprint density at radius 3 is 2.23 bits per heavy atom. The fraction of sp³-hybridized carbons (Fsp3) is 0.273. The summed E-state index contributed by atoms with van der Waals surface area (Å²) in [6.07, 6.45) is 0. The molecule has 2 aromatic rings. The molecule has 1 atom stereocenters. The van der Waals surface area contributed by atoms with Crippen molar-refractivity contribution in [1.82, 2.24) is 15.1 Å². The van der Waals surface area contributed by atoms with Gasteiger partial charge < -0.3 is 20.3 Å². The zero-order valence-corrected chi connectivity index (χ0v) is 17.8. The first kappa shape index (κ1) is 21.8. The summed E-state index contributed by atoms with van der Waals surface area (Å²) in [7, 11) is 4.83. The third-order valence-electron chi connectivity index (χ3n) is 5.07. The van der Waals surface area contributed by atoms with Crippen LogP contribution in [-0.4, -0.2) is 61.3 Å². The number of nitrogens with one attached hydrogen (secondary N) is 2. The van der Waals surface area contributed by atoms with Gasteiger partial charge in [0.15, 0.2) is 0 Å². The Morgan fingerprint density at radius 1 is 1.06 bits per heavy atom. The molecule has 0 aromatic heterocycles. The first-order valence-corrected chi connectivity index (χ1v) is 9.56. The van der Waals surface area contributed by atoms with Crippen LogP contribution in [0, 0.1) is 0 Å². The maximum absolute atomic E-state index is 13.0. The van der Waals surface area contributed by atoms with Crippen LogP contribution >= 0.6 is 0 Å². The minimum atomic E-state index is -1.28. The van der Waals surface area contributed by atoms with Gasteiger partial charge >= 0.3 is 6.03 Å². The van der Waals surface area contributed by atoms with Gasteiger partial charge in [0.05, 0.1) is 7.11 Å². The number of hydrogen-bond acceptors (Lipinski definition) is 5. The smallest absolute Gasteiger partial charge is 0.325 e. The van der Waals surface area contributed by atoms with Crippen LogP contribution in [0.1, 0.15) is 22.8 Å². The van der Waals surface area contributed by atoms with Crippen LogP contribution in [0.5, 0.6) is 5.75 Å². The first-order chi connectivity index (χ1) is 14.7. The number of imide groups is 1. The lowest BCUT2D eigenvalue weighted by Gasteiger charge is -2.22. The average Bonchev–Trinajstić information content (AvgIpc) is 2.97. The van der Waals surface area contributed by atoms with Crippen molar-refractivity contribution < 1.29 is 23.9 Å². The molecule has 1 aliphatic rings. The monoisotopic (exact) mass is 424 g/mol. The Hall–Kier alpha value is -3.88. The van der Waals surface area contributed by atoms with Gasteiger partial charge in [-0.15, -0.1) is 0 Å². The fourth-order valence-corrected chi connectivity index (χ4v) is 3.26. The summed E-state index contributed by atoms with van der Waals surface area (Å²) in [5, 5.41) is 5.29. The first-order valence-electron chi connectivity index (χ1n) is 9.56. The maximum Gasteiger partial charge on any atom is 0.325 e. The van der Waals surface area contributed by atoms with Crippen LogP contribution < -0.4 is 15.4 Å². The van der Waals surface area contributed by atoms with Crippen LogP contribution in [0.2, 0.25) is 0 Å². The molecule has 1 heterocycles. The highest BCUT2D eigenvalue weighted by Gasteiger charge is 2.49. The van der Waals surface area contributed by atoms with Crippen molar-refractivity contribution in [3.63, 3.8) is 0 Å². The van der Waals surface area contributed by atoms with Gasteiger partial charge in [-0.2, -0.15) is 0 Å². The van der Waals surface area contributed by atoms with E-state index in [1.54, 1.807) is 69.6 Å². The highest BCUT2D eigenvalue weighted by molar-refractivity contribution is 6.10. The lowest BCUT2D eigenvalue weighted by atomic mass is 9.92. The number of rotatable bonds is 6. The SMILES string of the molecule is COc1ccc([C@]2(C)NC(=O)N(CC(=O)Nc3ccc(C(=O)N(C)C)cc3)C2=O)cc1. The van der Waals surface area contributed by atoms with Gasteiger partial charge in [-0.3, -0.25) is 19.3 Å². The Bertz CT molecular complexity index is 1020. The van der Waals surface area contributed by atoms with Gasteiger partial charge in [-0.25, -0.2) is 4.79 Å². The second-order valence-electron chi connectivity index (χ2n) is 7.50. The van der Waals surface area contributed by atoms with Crippen LogP contribution in [-0.2, 0) is 15.1 Å². The molecule has 0 spiro atoms. The van der Waals surface area contributed by atoms with Crippen molar-refractivity contribution in [2.45, 2.75) is 12.5 Å². The highest BCUT2D eigenvalue weighted by Crippen LogP contribution is 2.30. The van der Waals surface area contributed by atoms with E-state index in [9.17, 15) is 19.2 Å². The molecule has 0 unspecified atom stereocenters. The van der Waals surface area contributed by atoms with Gasteiger partial charge in [0, 0.05) is 25.3 Å². The number of urea groups is 1. The van der Waals surface area contributed by atoms with Crippen LogP contribution in [0.25, 0.3) is 0 Å². The zero-order valence-electron chi connectivity index (χ0n) is 17.8. The standard InChI is InChI=1S/C22H24N4O5/c1-22(15-7-11-17(31-4)12-8-15)20(29)26(21(30)24-22)13-18(27)23-16-9-5-14(6-10-16)19(28)25(2)3/h5-12H,13H2,1-4H3,(H,23,27)(H,24,30)/t22-/m0/s1. The molecule has 0 aliphatic carbocycles. The number of amides is 5. The van der Waals surface area contributed by atoms with Crippen molar-refractivity contribution in [3.05, 3.63) is 59.7 Å². The van der Waals surface area contributed by atoms with E-state index in [4.69, 9.17) is 4.74 Å². The van der Waals surface area contributed by atoms with Crippen LogP contribution in [0.3, 0.4) is 0 Å². The molecule has 9 heteroatoms. The molecule has 162 valence electrons. The zero-order chi connectivity index (χ0) is 22.8. The summed E-state index contributed by atoms with van der Waals surface area (Å²) < 4.78 is 5.12. The van der Waals surface area contributed by atoms with Crippen molar-refractivity contribution in [2.24, 2.45) is 0 Å². The minimum Gasteiger partial charge on any atom is -0.497 e. The molecule has 9 nitrogen and oxygen atoms in total.